The van der Waals surface area contributed by atoms with Gasteiger partial charge in [-0.05, 0) is 62.1 Å². The highest BCUT2D eigenvalue weighted by molar-refractivity contribution is 9.10. The number of rotatable bonds is 7. The Balaban J connectivity index is 1.85. The van der Waals surface area contributed by atoms with Gasteiger partial charge in [0.25, 0.3) is 0 Å². The van der Waals surface area contributed by atoms with Crippen LogP contribution in [0.5, 0.6) is 0 Å². The second-order valence-electron chi connectivity index (χ2n) is 5.35. The maximum atomic E-state index is 13.4. The molecular weight excluding hydrogens is 329 g/mol. The van der Waals surface area contributed by atoms with E-state index in [1.165, 1.54) is 11.6 Å². The molecule has 0 bridgehead atoms. The summed E-state index contributed by atoms with van der Waals surface area (Å²) in [6.45, 7) is 0. The Morgan fingerprint density at radius 3 is 2.52 bits per heavy atom. The molecule has 0 saturated carbocycles. The van der Waals surface area contributed by atoms with E-state index in [1.54, 1.807) is 6.07 Å². The summed E-state index contributed by atoms with van der Waals surface area (Å²) in [6.07, 6.45) is 4.15. The van der Waals surface area contributed by atoms with Crippen molar-refractivity contribution in [1.29, 1.82) is 0 Å². The van der Waals surface area contributed by atoms with Crippen molar-refractivity contribution in [3.05, 3.63) is 69.9 Å². The molecule has 0 spiro atoms. The van der Waals surface area contributed by atoms with Crippen LogP contribution >= 0.6 is 15.9 Å². The molecule has 0 amide bonds. The number of benzene rings is 2. The van der Waals surface area contributed by atoms with Gasteiger partial charge in [0.05, 0.1) is 0 Å². The maximum absolute atomic E-state index is 13.4. The number of aryl methyl sites for hydroxylation is 1. The highest BCUT2D eigenvalue weighted by Gasteiger charge is 2.09. The summed E-state index contributed by atoms with van der Waals surface area (Å²) in [5.74, 6) is -0.182. The summed E-state index contributed by atoms with van der Waals surface area (Å²) in [7, 11) is 1.97. The van der Waals surface area contributed by atoms with E-state index >= 15 is 0 Å². The molecule has 1 nitrogen and oxygen atoms in total. The molecule has 0 aliphatic heterocycles. The number of nitrogens with one attached hydrogen (secondary N) is 1. The highest BCUT2D eigenvalue weighted by Crippen LogP contribution is 2.17. The Hall–Kier alpha value is -1.19. The van der Waals surface area contributed by atoms with E-state index < -0.39 is 0 Å². The zero-order valence-electron chi connectivity index (χ0n) is 12.3. The lowest BCUT2D eigenvalue weighted by atomic mass is 9.99. The summed E-state index contributed by atoms with van der Waals surface area (Å²) in [6, 6.07) is 16.0. The van der Waals surface area contributed by atoms with Gasteiger partial charge in [0.15, 0.2) is 0 Å². The first-order chi connectivity index (χ1) is 10.2. The third-order valence-corrected chi connectivity index (χ3v) is 4.13. The van der Waals surface area contributed by atoms with Gasteiger partial charge in [-0.15, -0.1) is 0 Å². The molecule has 2 rings (SSSR count). The fraction of sp³-hybridized carbons (Fsp3) is 0.333. The second kappa shape index (κ2) is 8.30. The van der Waals surface area contributed by atoms with Crippen LogP contribution < -0.4 is 5.32 Å². The molecule has 0 aliphatic carbocycles. The van der Waals surface area contributed by atoms with Gasteiger partial charge >= 0.3 is 0 Å². The molecule has 0 aliphatic rings. The molecule has 21 heavy (non-hydrogen) atoms. The molecule has 0 saturated heterocycles. The molecule has 2 aromatic carbocycles. The van der Waals surface area contributed by atoms with E-state index in [9.17, 15) is 4.39 Å². The lowest BCUT2D eigenvalue weighted by Crippen LogP contribution is -2.27. The molecule has 2 aromatic rings. The summed E-state index contributed by atoms with van der Waals surface area (Å²) in [4.78, 5) is 0. The fourth-order valence-electron chi connectivity index (χ4n) is 2.56. The van der Waals surface area contributed by atoms with Crippen LogP contribution in [-0.2, 0) is 12.8 Å². The summed E-state index contributed by atoms with van der Waals surface area (Å²) in [5.41, 5.74) is 2.40. The van der Waals surface area contributed by atoms with Gasteiger partial charge in [-0.2, -0.15) is 0 Å². The van der Waals surface area contributed by atoms with Crippen molar-refractivity contribution >= 4 is 15.9 Å². The number of likely N-dealkylation sites (N-methyl/N-ethyl adjacent to an activating group) is 1. The van der Waals surface area contributed by atoms with Gasteiger partial charge in [0, 0.05) is 10.5 Å². The van der Waals surface area contributed by atoms with Crippen LogP contribution in [0.15, 0.2) is 53.0 Å². The summed E-state index contributed by atoms with van der Waals surface area (Å²) in [5, 5.41) is 3.34. The minimum Gasteiger partial charge on any atom is -0.317 e. The molecule has 3 heteroatoms. The lowest BCUT2D eigenvalue weighted by molar-refractivity contribution is 0.500. The zero-order valence-corrected chi connectivity index (χ0v) is 13.9. The monoisotopic (exact) mass is 349 g/mol. The van der Waals surface area contributed by atoms with Gasteiger partial charge in [-0.3, -0.25) is 0 Å². The summed E-state index contributed by atoms with van der Waals surface area (Å²) < 4.78 is 14.2. The minimum atomic E-state index is -0.182. The molecule has 0 aromatic heterocycles. The number of halogens is 2. The van der Waals surface area contributed by atoms with Crippen LogP contribution in [-0.4, -0.2) is 13.1 Å². The Kier molecular flexibility index (Phi) is 6.40. The standard InChI is InChI=1S/C18H21BrFN/c1-21-18(9-5-8-14-6-3-2-4-7-14)12-15-10-16(19)13-17(20)11-15/h2-4,6-7,10-11,13,18,21H,5,8-9,12H2,1H3. The van der Waals surface area contributed by atoms with Gasteiger partial charge < -0.3 is 5.32 Å². The van der Waals surface area contributed by atoms with Crippen molar-refractivity contribution in [3.8, 4) is 0 Å². The van der Waals surface area contributed by atoms with Gasteiger partial charge in [-0.1, -0.05) is 46.3 Å². The van der Waals surface area contributed by atoms with Crippen molar-refractivity contribution in [2.24, 2.45) is 0 Å². The molecule has 0 radical (unpaired) electrons. The Morgan fingerprint density at radius 1 is 1.10 bits per heavy atom. The van der Waals surface area contributed by atoms with E-state index in [0.29, 0.717) is 6.04 Å². The first-order valence-corrected chi connectivity index (χ1v) is 8.13. The fourth-order valence-corrected chi connectivity index (χ4v) is 3.07. The van der Waals surface area contributed by atoms with E-state index in [1.807, 2.05) is 19.2 Å². The first-order valence-electron chi connectivity index (χ1n) is 7.33. The van der Waals surface area contributed by atoms with Gasteiger partial charge in [0.2, 0.25) is 0 Å². The third-order valence-electron chi connectivity index (χ3n) is 3.67. The van der Waals surface area contributed by atoms with E-state index in [-0.39, 0.29) is 5.82 Å². The lowest BCUT2D eigenvalue weighted by Gasteiger charge is -2.16. The van der Waals surface area contributed by atoms with Crippen LogP contribution in [0.25, 0.3) is 0 Å². The van der Waals surface area contributed by atoms with E-state index in [4.69, 9.17) is 0 Å². The Morgan fingerprint density at radius 2 is 1.86 bits per heavy atom. The number of hydrogen-bond acceptors (Lipinski definition) is 1. The predicted octanol–water partition coefficient (Wildman–Crippen LogP) is 4.74. The Bertz CT molecular complexity index is 536. The van der Waals surface area contributed by atoms with Crippen LogP contribution in [0.1, 0.15) is 24.0 Å². The largest absolute Gasteiger partial charge is 0.317 e. The average molecular weight is 350 g/mol. The van der Waals surface area contributed by atoms with E-state index in [0.717, 1.165) is 35.7 Å². The van der Waals surface area contributed by atoms with Crippen molar-refractivity contribution < 1.29 is 4.39 Å². The highest BCUT2D eigenvalue weighted by atomic mass is 79.9. The predicted molar refractivity (Wildman–Crippen MR) is 90.0 cm³/mol. The normalized spacial score (nSPS) is 12.3. The molecule has 112 valence electrons. The van der Waals surface area contributed by atoms with Crippen molar-refractivity contribution in [2.75, 3.05) is 7.05 Å². The zero-order chi connectivity index (χ0) is 15.1. The number of hydrogen-bond donors (Lipinski definition) is 1. The summed E-state index contributed by atoms with van der Waals surface area (Å²) >= 11 is 3.35. The van der Waals surface area contributed by atoms with Crippen LogP contribution in [0.3, 0.4) is 0 Å². The van der Waals surface area contributed by atoms with Crippen LogP contribution in [0, 0.1) is 5.82 Å². The minimum absolute atomic E-state index is 0.182. The molecule has 1 unspecified atom stereocenters. The molecule has 1 N–H and O–H groups in total. The quantitative estimate of drug-likeness (QED) is 0.760. The van der Waals surface area contributed by atoms with Gasteiger partial charge in [0.1, 0.15) is 5.82 Å². The smallest absolute Gasteiger partial charge is 0.124 e. The molecular formula is C18H21BrFN. The van der Waals surface area contributed by atoms with Crippen molar-refractivity contribution in [3.63, 3.8) is 0 Å². The average Bonchev–Trinajstić information content (AvgIpc) is 2.46. The van der Waals surface area contributed by atoms with Crippen LogP contribution in [0.4, 0.5) is 4.39 Å². The topological polar surface area (TPSA) is 12.0 Å². The third kappa shape index (κ3) is 5.60. The molecule has 1 atom stereocenters. The van der Waals surface area contributed by atoms with Crippen LogP contribution in [0.2, 0.25) is 0 Å². The van der Waals surface area contributed by atoms with E-state index in [2.05, 4.69) is 45.5 Å². The van der Waals surface area contributed by atoms with Crippen molar-refractivity contribution in [1.82, 2.24) is 5.32 Å². The van der Waals surface area contributed by atoms with Crippen molar-refractivity contribution in [2.45, 2.75) is 31.7 Å². The van der Waals surface area contributed by atoms with Gasteiger partial charge in [-0.25, -0.2) is 4.39 Å². The second-order valence-corrected chi connectivity index (χ2v) is 6.26. The molecule has 0 fully saturated rings. The molecule has 0 heterocycles. The Labute approximate surface area is 134 Å². The first kappa shape index (κ1) is 16.2. The SMILES string of the molecule is CNC(CCCc1ccccc1)Cc1cc(F)cc(Br)c1. The maximum Gasteiger partial charge on any atom is 0.124 e.